The molecule has 1 atom stereocenters. The Hall–Kier alpha value is -1.35. The number of rotatable bonds is 2. The molecule has 0 bridgehead atoms. The number of carbonyl (C=O) groups excluding carboxylic acids is 1. The zero-order chi connectivity index (χ0) is 10.0. The van der Waals surface area contributed by atoms with Crippen molar-refractivity contribution in [1.29, 1.82) is 0 Å². The van der Waals surface area contributed by atoms with Gasteiger partial charge in [0, 0.05) is 5.69 Å². The molecule has 0 spiro atoms. The molecule has 0 amide bonds. The van der Waals surface area contributed by atoms with E-state index in [-0.39, 0.29) is 5.78 Å². The average Bonchev–Trinajstić information content (AvgIpc) is 2.08. The third-order valence-corrected chi connectivity index (χ3v) is 2.10. The number of hydrogen-bond donors (Lipinski definition) is 2. The van der Waals surface area contributed by atoms with Gasteiger partial charge in [-0.25, -0.2) is 0 Å². The van der Waals surface area contributed by atoms with Gasteiger partial charge in [-0.3, -0.25) is 4.79 Å². The molecule has 0 aliphatic carbocycles. The number of nitrogens with two attached hydrogens (primary N) is 2. The summed E-state index contributed by atoms with van der Waals surface area (Å²) >= 11 is 0. The van der Waals surface area contributed by atoms with Crippen molar-refractivity contribution in [3.05, 3.63) is 29.3 Å². The van der Waals surface area contributed by atoms with Crippen molar-refractivity contribution in [2.45, 2.75) is 19.9 Å². The topological polar surface area (TPSA) is 69.1 Å². The molecule has 3 heteroatoms. The third-order valence-electron chi connectivity index (χ3n) is 2.10. The highest BCUT2D eigenvalue weighted by molar-refractivity contribution is 5.83. The lowest BCUT2D eigenvalue weighted by molar-refractivity contribution is -0.118. The smallest absolute Gasteiger partial charge is 0.150 e. The number of anilines is 1. The molecular formula is C10H14N2O. The van der Waals surface area contributed by atoms with Gasteiger partial charge in [0.05, 0.1) is 6.04 Å². The molecule has 0 fully saturated rings. The summed E-state index contributed by atoms with van der Waals surface area (Å²) in [4.78, 5) is 11.0. The van der Waals surface area contributed by atoms with Gasteiger partial charge < -0.3 is 11.5 Å². The highest BCUT2D eigenvalue weighted by atomic mass is 16.1. The normalized spacial score (nSPS) is 12.5. The summed E-state index contributed by atoms with van der Waals surface area (Å²) in [5.74, 6) is -0.0525. The van der Waals surface area contributed by atoms with Gasteiger partial charge in [0.15, 0.2) is 5.78 Å². The predicted octanol–water partition coefficient (Wildman–Crippen LogP) is 1.17. The monoisotopic (exact) mass is 178 g/mol. The molecule has 0 heterocycles. The van der Waals surface area contributed by atoms with Gasteiger partial charge in [-0.1, -0.05) is 12.1 Å². The minimum absolute atomic E-state index is 0.0525. The summed E-state index contributed by atoms with van der Waals surface area (Å²) < 4.78 is 0. The Labute approximate surface area is 77.7 Å². The van der Waals surface area contributed by atoms with E-state index in [1.165, 1.54) is 6.92 Å². The Morgan fingerprint density at radius 2 is 2.08 bits per heavy atom. The number of Topliss-reactive ketones (excluding diaryl/α,β-unsaturated/α-hetero) is 1. The van der Waals surface area contributed by atoms with Crippen LogP contribution in [0.25, 0.3) is 0 Å². The van der Waals surface area contributed by atoms with Crippen LogP contribution in [0.1, 0.15) is 24.1 Å². The standard InChI is InChI=1S/C10H14N2O/c1-6-3-4-8(5-9(6)11)10(12)7(2)13/h3-5,10H,11-12H2,1-2H3. The molecule has 1 aromatic carbocycles. The molecule has 0 aliphatic heterocycles. The number of aryl methyl sites for hydroxylation is 1. The van der Waals surface area contributed by atoms with Crippen LogP contribution in [0.4, 0.5) is 5.69 Å². The van der Waals surface area contributed by atoms with Gasteiger partial charge in [-0.2, -0.15) is 0 Å². The summed E-state index contributed by atoms with van der Waals surface area (Å²) in [6.45, 7) is 3.39. The molecule has 3 nitrogen and oxygen atoms in total. The van der Waals surface area contributed by atoms with Crippen LogP contribution in [-0.4, -0.2) is 5.78 Å². The molecule has 0 aliphatic rings. The molecule has 1 aromatic rings. The van der Waals surface area contributed by atoms with Crippen molar-refractivity contribution >= 4 is 11.5 Å². The van der Waals surface area contributed by atoms with E-state index in [1.54, 1.807) is 6.07 Å². The van der Waals surface area contributed by atoms with E-state index < -0.39 is 6.04 Å². The Balaban J connectivity index is 3.03. The van der Waals surface area contributed by atoms with Crippen LogP contribution in [0.5, 0.6) is 0 Å². The highest BCUT2D eigenvalue weighted by Crippen LogP contribution is 2.17. The molecule has 0 saturated heterocycles. The summed E-state index contributed by atoms with van der Waals surface area (Å²) in [6.07, 6.45) is 0. The molecule has 0 saturated carbocycles. The fourth-order valence-corrected chi connectivity index (χ4v) is 1.09. The van der Waals surface area contributed by atoms with Crippen molar-refractivity contribution in [3.8, 4) is 0 Å². The first-order chi connectivity index (χ1) is 6.02. The van der Waals surface area contributed by atoms with E-state index >= 15 is 0 Å². The van der Waals surface area contributed by atoms with Gasteiger partial charge in [-0.15, -0.1) is 0 Å². The van der Waals surface area contributed by atoms with E-state index in [0.29, 0.717) is 5.69 Å². The summed E-state index contributed by atoms with van der Waals surface area (Å²) in [7, 11) is 0. The molecule has 4 N–H and O–H groups in total. The Morgan fingerprint density at radius 1 is 1.46 bits per heavy atom. The van der Waals surface area contributed by atoms with Gasteiger partial charge in [0.1, 0.15) is 0 Å². The first-order valence-electron chi connectivity index (χ1n) is 4.14. The van der Waals surface area contributed by atoms with E-state index in [2.05, 4.69) is 0 Å². The van der Waals surface area contributed by atoms with Gasteiger partial charge in [-0.05, 0) is 31.0 Å². The van der Waals surface area contributed by atoms with Crippen LogP contribution in [0.2, 0.25) is 0 Å². The van der Waals surface area contributed by atoms with Crippen LogP contribution in [0, 0.1) is 6.92 Å². The van der Waals surface area contributed by atoms with Crippen molar-refractivity contribution in [2.75, 3.05) is 5.73 Å². The lowest BCUT2D eigenvalue weighted by atomic mass is 10.0. The van der Waals surface area contributed by atoms with Crippen molar-refractivity contribution in [3.63, 3.8) is 0 Å². The summed E-state index contributed by atoms with van der Waals surface area (Å²) in [6, 6.07) is 4.90. The SMILES string of the molecule is CC(=O)C(N)c1ccc(C)c(N)c1. The van der Waals surface area contributed by atoms with Crippen LogP contribution < -0.4 is 11.5 Å². The Bertz CT molecular complexity index is 334. The predicted molar refractivity (Wildman–Crippen MR) is 53.2 cm³/mol. The maximum Gasteiger partial charge on any atom is 0.150 e. The quantitative estimate of drug-likeness (QED) is 0.668. The molecular weight excluding hydrogens is 164 g/mol. The van der Waals surface area contributed by atoms with E-state index in [1.807, 2.05) is 19.1 Å². The zero-order valence-corrected chi connectivity index (χ0v) is 7.87. The molecule has 0 aromatic heterocycles. The number of benzene rings is 1. The second kappa shape index (κ2) is 3.58. The van der Waals surface area contributed by atoms with Crippen molar-refractivity contribution < 1.29 is 4.79 Å². The molecule has 13 heavy (non-hydrogen) atoms. The van der Waals surface area contributed by atoms with Gasteiger partial charge in [0.25, 0.3) is 0 Å². The van der Waals surface area contributed by atoms with Crippen molar-refractivity contribution in [1.82, 2.24) is 0 Å². The van der Waals surface area contributed by atoms with Crippen LogP contribution in [0.15, 0.2) is 18.2 Å². The van der Waals surface area contributed by atoms with Crippen molar-refractivity contribution in [2.24, 2.45) is 5.73 Å². The molecule has 1 rings (SSSR count). The average molecular weight is 178 g/mol. The third kappa shape index (κ3) is 2.06. The first-order valence-corrected chi connectivity index (χ1v) is 4.14. The highest BCUT2D eigenvalue weighted by Gasteiger charge is 2.11. The number of carbonyl (C=O) groups is 1. The summed E-state index contributed by atoms with van der Waals surface area (Å²) in [5.41, 5.74) is 13.8. The lowest BCUT2D eigenvalue weighted by Gasteiger charge is -2.09. The number of nitrogen functional groups attached to an aromatic ring is 1. The van der Waals surface area contributed by atoms with E-state index in [9.17, 15) is 4.79 Å². The second-order valence-electron chi connectivity index (χ2n) is 3.20. The summed E-state index contributed by atoms with van der Waals surface area (Å²) in [5, 5.41) is 0. The van der Waals surface area contributed by atoms with E-state index in [0.717, 1.165) is 11.1 Å². The second-order valence-corrected chi connectivity index (χ2v) is 3.20. The molecule has 0 radical (unpaired) electrons. The minimum Gasteiger partial charge on any atom is -0.399 e. The first kappa shape index (κ1) is 9.74. The number of hydrogen-bond acceptors (Lipinski definition) is 3. The van der Waals surface area contributed by atoms with Crippen LogP contribution in [0.3, 0.4) is 0 Å². The largest absolute Gasteiger partial charge is 0.399 e. The van der Waals surface area contributed by atoms with Gasteiger partial charge >= 0.3 is 0 Å². The number of ketones is 1. The Kier molecular flexibility index (Phi) is 2.68. The fraction of sp³-hybridized carbons (Fsp3) is 0.300. The fourth-order valence-electron chi connectivity index (χ4n) is 1.09. The van der Waals surface area contributed by atoms with Crippen LogP contribution >= 0.6 is 0 Å². The van der Waals surface area contributed by atoms with E-state index in [4.69, 9.17) is 11.5 Å². The minimum atomic E-state index is -0.553. The lowest BCUT2D eigenvalue weighted by Crippen LogP contribution is -2.18. The van der Waals surface area contributed by atoms with Gasteiger partial charge in [0.2, 0.25) is 0 Å². The molecule has 70 valence electrons. The Morgan fingerprint density at radius 3 is 2.54 bits per heavy atom. The molecule has 1 unspecified atom stereocenters. The maximum atomic E-state index is 11.0. The zero-order valence-electron chi connectivity index (χ0n) is 7.87. The van der Waals surface area contributed by atoms with Crippen LogP contribution in [-0.2, 0) is 4.79 Å². The maximum absolute atomic E-state index is 11.0.